The highest BCUT2D eigenvalue weighted by atomic mass is 16.3. The van der Waals surface area contributed by atoms with Crippen molar-refractivity contribution >= 4 is 0 Å². The van der Waals surface area contributed by atoms with Crippen molar-refractivity contribution in [2.45, 2.75) is 38.8 Å². The van der Waals surface area contributed by atoms with Gasteiger partial charge in [0.15, 0.2) is 0 Å². The molecule has 2 unspecified atom stereocenters. The van der Waals surface area contributed by atoms with E-state index in [4.69, 9.17) is 4.42 Å². The Morgan fingerprint density at radius 2 is 2.28 bits per heavy atom. The Morgan fingerprint density at radius 3 is 2.89 bits per heavy atom. The highest BCUT2D eigenvalue weighted by molar-refractivity contribution is 5.00. The van der Waals surface area contributed by atoms with Gasteiger partial charge in [-0.25, -0.2) is 4.98 Å². The van der Waals surface area contributed by atoms with Gasteiger partial charge in [0.2, 0.25) is 0 Å². The average molecular weight is 247 g/mol. The summed E-state index contributed by atoms with van der Waals surface area (Å²) in [4.78, 5) is 4.36. The highest BCUT2D eigenvalue weighted by Gasteiger charge is 2.13. The summed E-state index contributed by atoms with van der Waals surface area (Å²) < 4.78 is 7.39. The predicted molar refractivity (Wildman–Crippen MR) is 71.2 cm³/mol. The molecule has 0 amide bonds. The van der Waals surface area contributed by atoms with Crippen LogP contribution >= 0.6 is 0 Å². The van der Waals surface area contributed by atoms with Crippen molar-refractivity contribution < 1.29 is 4.42 Å². The normalized spacial score (nSPS) is 14.6. The van der Waals surface area contributed by atoms with Crippen molar-refractivity contribution in [3.63, 3.8) is 0 Å². The molecule has 0 saturated carbocycles. The molecular weight excluding hydrogens is 226 g/mol. The molecule has 1 N–H and O–H groups in total. The number of hydrogen-bond donors (Lipinski definition) is 1. The van der Waals surface area contributed by atoms with E-state index in [1.807, 2.05) is 31.6 Å². The Bertz CT molecular complexity index is 461. The summed E-state index contributed by atoms with van der Waals surface area (Å²) >= 11 is 0. The van der Waals surface area contributed by atoms with Crippen molar-refractivity contribution in [3.05, 3.63) is 42.4 Å². The Hall–Kier alpha value is -1.55. The molecule has 2 aromatic heterocycles. The van der Waals surface area contributed by atoms with Crippen LogP contribution < -0.4 is 5.32 Å². The summed E-state index contributed by atoms with van der Waals surface area (Å²) in [7, 11) is 2.02. The summed E-state index contributed by atoms with van der Waals surface area (Å²) in [6.07, 6.45) is 7.56. The third-order valence-electron chi connectivity index (χ3n) is 3.18. The third kappa shape index (κ3) is 3.23. The van der Waals surface area contributed by atoms with E-state index in [1.54, 1.807) is 6.26 Å². The summed E-state index contributed by atoms with van der Waals surface area (Å²) in [5.74, 6) is 2.12. The lowest BCUT2D eigenvalue weighted by Crippen LogP contribution is -2.30. The second-order valence-electron chi connectivity index (χ2n) is 4.80. The third-order valence-corrected chi connectivity index (χ3v) is 3.18. The van der Waals surface area contributed by atoms with E-state index in [0.29, 0.717) is 6.04 Å². The number of hydrogen-bond acceptors (Lipinski definition) is 3. The Balaban J connectivity index is 1.80. The van der Waals surface area contributed by atoms with E-state index in [0.717, 1.165) is 24.4 Å². The SMILES string of the molecule is CC(CCc1ccco1)NC(C)c1nccn1C. The van der Waals surface area contributed by atoms with Crippen molar-refractivity contribution in [3.8, 4) is 0 Å². The van der Waals surface area contributed by atoms with E-state index in [9.17, 15) is 0 Å². The number of furan rings is 1. The van der Waals surface area contributed by atoms with Gasteiger partial charge in [-0.2, -0.15) is 0 Å². The number of aromatic nitrogens is 2. The molecule has 0 spiro atoms. The predicted octanol–water partition coefficient (Wildman–Crippen LogP) is 2.69. The Kier molecular flexibility index (Phi) is 4.20. The molecular formula is C14H21N3O. The Morgan fingerprint density at radius 1 is 1.44 bits per heavy atom. The van der Waals surface area contributed by atoms with Gasteiger partial charge >= 0.3 is 0 Å². The standard InChI is InChI=1S/C14H21N3O/c1-11(6-7-13-5-4-10-18-13)16-12(2)14-15-8-9-17(14)3/h4-5,8-12,16H,6-7H2,1-3H3. The van der Waals surface area contributed by atoms with Gasteiger partial charge < -0.3 is 14.3 Å². The van der Waals surface area contributed by atoms with Crippen molar-refractivity contribution in [1.29, 1.82) is 0 Å². The molecule has 98 valence electrons. The molecule has 4 nitrogen and oxygen atoms in total. The maximum atomic E-state index is 5.34. The molecule has 0 radical (unpaired) electrons. The van der Waals surface area contributed by atoms with Crippen LogP contribution in [0.5, 0.6) is 0 Å². The minimum absolute atomic E-state index is 0.261. The number of rotatable bonds is 6. The molecule has 2 atom stereocenters. The van der Waals surface area contributed by atoms with Gasteiger partial charge in [-0.15, -0.1) is 0 Å². The van der Waals surface area contributed by atoms with Crippen LogP contribution in [0.1, 0.15) is 37.9 Å². The van der Waals surface area contributed by atoms with E-state index < -0.39 is 0 Å². The fourth-order valence-corrected chi connectivity index (χ4v) is 2.19. The van der Waals surface area contributed by atoms with Crippen LogP contribution in [-0.2, 0) is 13.5 Å². The molecule has 0 bridgehead atoms. The minimum Gasteiger partial charge on any atom is -0.469 e. The first-order valence-corrected chi connectivity index (χ1v) is 6.42. The first-order chi connectivity index (χ1) is 8.66. The van der Waals surface area contributed by atoms with E-state index in [-0.39, 0.29) is 6.04 Å². The lowest BCUT2D eigenvalue weighted by molar-refractivity contribution is 0.418. The van der Waals surface area contributed by atoms with Gasteiger partial charge in [-0.05, 0) is 32.4 Å². The Labute approximate surface area is 108 Å². The zero-order chi connectivity index (χ0) is 13.0. The molecule has 0 aromatic carbocycles. The highest BCUT2D eigenvalue weighted by Crippen LogP contribution is 2.12. The van der Waals surface area contributed by atoms with Crippen LogP contribution in [0.15, 0.2) is 35.2 Å². The number of nitrogens with zero attached hydrogens (tertiary/aromatic N) is 2. The van der Waals surface area contributed by atoms with E-state index in [1.165, 1.54) is 0 Å². The summed E-state index contributed by atoms with van der Waals surface area (Å²) in [5.41, 5.74) is 0. The van der Waals surface area contributed by atoms with Crippen molar-refractivity contribution in [2.75, 3.05) is 0 Å². The van der Waals surface area contributed by atoms with E-state index in [2.05, 4.69) is 28.7 Å². The van der Waals surface area contributed by atoms with Gasteiger partial charge in [0, 0.05) is 31.9 Å². The molecule has 18 heavy (non-hydrogen) atoms. The van der Waals surface area contributed by atoms with Crippen molar-refractivity contribution in [2.24, 2.45) is 7.05 Å². The molecule has 2 aromatic rings. The fraction of sp³-hybridized carbons (Fsp3) is 0.500. The van der Waals surface area contributed by atoms with Crippen LogP contribution in [0.4, 0.5) is 0 Å². The smallest absolute Gasteiger partial charge is 0.125 e. The molecule has 0 aliphatic rings. The van der Waals surface area contributed by atoms with Gasteiger partial charge in [0.1, 0.15) is 11.6 Å². The molecule has 0 aliphatic heterocycles. The quantitative estimate of drug-likeness (QED) is 0.853. The van der Waals surface area contributed by atoms with Gasteiger partial charge in [0.25, 0.3) is 0 Å². The minimum atomic E-state index is 0.261. The topological polar surface area (TPSA) is 43.0 Å². The second-order valence-corrected chi connectivity index (χ2v) is 4.80. The molecule has 4 heteroatoms. The second kappa shape index (κ2) is 5.87. The number of nitrogens with one attached hydrogen (secondary N) is 1. The van der Waals surface area contributed by atoms with Gasteiger partial charge in [-0.1, -0.05) is 0 Å². The number of imidazole rings is 1. The molecule has 0 saturated heterocycles. The first-order valence-electron chi connectivity index (χ1n) is 6.42. The molecule has 2 rings (SSSR count). The van der Waals surface area contributed by atoms with E-state index >= 15 is 0 Å². The van der Waals surface area contributed by atoms with Crippen LogP contribution in [0.25, 0.3) is 0 Å². The van der Waals surface area contributed by atoms with Crippen LogP contribution in [0.2, 0.25) is 0 Å². The largest absolute Gasteiger partial charge is 0.469 e. The number of aryl methyl sites for hydroxylation is 2. The zero-order valence-corrected chi connectivity index (χ0v) is 11.3. The first kappa shape index (κ1) is 12.9. The maximum absolute atomic E-state index is 5.34. The van der Waals surface area contributed by atoms with Crippen LogP contribution in [-0.4, -0.2) is 15.6 Å². The molecule has 2 heterocycles. The molecule has 0 fully saturated rings. The fourth-order valence-electron chi connectivity index (χ4n) is 2.19. The average Bonchev–Trinajstić information content (AvgIpc) is 2.97. The van der Waals surface area contributed by atoms with Crippen LogP contribution in [0, 0.1) is 0 Å². The van der Waals surface area contributed by atoms with Gasteiger partial charge in [0.05, 0.1) is 12.3 Å². The summed E-state index contributed by atoms with van der Waals surface area (Å²) in [6, 6.07) is 4.65. The van der Waals surface area contributed by atoms with Gasteiger partial charge in [-0.3, -0.25) is 0 Å². The summed E-state index contributed by atoms with van der Waals surface area (Å²) in [5, 5.41) is 3.56. The molecule has 0 aliphatic carbocycles. The lowest BCUT2D eigenvalue weighted by Gasteiger charge is -2.19. The lowest BCUT2D eigenvalue weighted by atomic mass is 10.1. The van der Waals surface area contributed by atoms with Crippen molar-refractivity contribution in [1.82, 2.24) is 14.9 Å². The van der Waals surface area contributed by atoms with Crippen LogP contribution in [0.3, 0.4) is 0 Å². The zero-order valence-electron chi connectivity index (χ0n) is 11.3. The monoisotopic (exact) mass is 247 g/mol. The maximum Gasteiger partial charge on any atom is 0.125 e. The summed E-state index contributed by atoms with van der Waals surface area (Å²) in [6.45, 7) is 4.34.